The van der Waals surface area contributed by atoms with Gasteiger partial charge in [-0.2, -0.15) is 0 Å². The second-order valence-corrected chi connectivity index (χ2v) is 9.48. The van der Waals surface area contributed by atoms with Crippen molar-refractivity contribution in [3.63, 3.8) is 0 Å². The molecule has 2 rings (SSSR count). The average Bonchev–Trinajstić information content (AvgIpc) is 2.76. The van der Waals surface area contributed by atoms with Crippen LogP contribution in [-0.2, 0) is 6.42 Å². The SMILES string of the molecule is CCCCCCCCCCCCCCCCc1ccccc1Sc1ccccc1. The fourth-order valence-electron chi connectivity index (χ4n) is 3.94. The summed E-state index contributed by atoms with van der Waals surface area (Å²) in [5.41, 5.74) is 1.51. The van der Waals surface area contributed by atoms with Crippen molar-refractivity contribution in [2.45, 2.75) is 113 Å². The van der Waals surface area contributed by atoms with E-state index in [1.54, 1.807) is 0 Å². The van der Waals surface area contributed by atoms with E-state index in [4.69, 9.17) is 0 Å². The fourth-order valence-corrected chi connectivity index (χ4v) is 4.93. The number of rotatable bonds is 17. The number of unbranched alkanes of at least 4 members (excludes halogenated alkanes) is 13. The van der Waals surface area contributed by atoms with E-state index in [0.29, 0.717) is 0 Å². The highest BCUT2D eigenvalue weighted by molar-refractivity contribution is 7.99. The van der Waals surface area contributed by atoms with Crippen molar-refractivity contribution in [1.82, 2.24) is 0 Å². The lowest BCUT2D eigenvalue weighted by atomic mass is 10.0. The minimum atomic E-state index is 1.22. The van der Waals surface area contributed by atoms with E-state index in [9.17, 15) is 0 Å². The van der Waals surface area contributed by atoms with Gasteiger partial charge in [0.05, 0.1) is 0 Å². The summed E-state index contributed by atoms with van der Waals surface area (Å²) in [6.07, 6.45) is 21.2. The molecule has 2 aromatic carbocycles. The maximum Gasteiger partial charge on any atom is 0.0154 e. The highest BCUT2D eigenvalue weighted by Gasteiger charge is 2.04. The van der Waals surface area contributed by atoms with E-state index in [-0.39, 0.29) is 0 Å². The largest absolute Gasteiger partial charge is 0.0898 e. The summed E-state index contributed by atoms with van der Waals surface area (Å²) in [4.78, 5) is 2.76. The van der Waals surface area contributed by atoms with E-state index >= 15 is 0 Å². The molecule has 0 heterocycles. The molecule has 0 unspecified atom stereocenters. The van der Waals surface area contributed by atoms with Gasteiger partial charge in [0.25, 0.3) is 0 Å². The van der Waals surface area contributed by atoms with E-state index in [0.717, 1.165) is 0 Å². The first-order valence-electron chi connectivity index (χ1n) is 12.2. The Labute approximate surface area is 184 Å². The highest BCUT2D eigenvalue weighted by Crippen LogP contribution is 2.31. The molecule has 0 aliphatic rings. The Morgan fingerprint density at radius 2 is 1.00 bits per heavy atom. The molecule has 0 bridgehead atoms. The molecule has 2 aromatic rings. The Hall–Kier alpha value is -1.21. The second kappa shape index (κ2) is 16.6. The van der Waals surface area contributed by atoms with Gasteiger partial charge in [0, 0.05) is 9.79 Å². The van der Waals surface area contributed by atoms with Gasteiger partial charge < -0.3 is 0 Å². The Bertz CT molecular complexity index is 619. The Kier molecular flexibility index (Phi) is 13.8. The van der Waals surface area contributed by atoms with Gasteiger partial charge in [-0.25, -0.2) is 0 Å². The average molecular weight is 411 g/mol. The van der Waals surface area contributed by atoms with Crippen molar-refractivity contribution in [1.29, 1.82) is 0 Å². The van der Waals surface area contributed by atoms with Gasteiger partial charge in [0.1, 0.15) is 0 Å². The van der Waals surface area contributed by atoms with Crippen molar-refractivity contribution in [2.75, 3.05) is 0 Å². The quantitative estimate of drug-likeness (QED) is 0.234. The summed E-state index contributed by atoms with van der Waals surface area (Å²) >= 11 is 1.90. The molecule has 0 aromatic heterocycles. The standard InChI is InChI=1S/C28H42S/c1-2-3-4-5-6-7-8-9-10-11-12-13-14-16-21-26-22-19-20-25-28(26)29-27-23-17-15-18-24-27/h15,17-20,22-25H,2-14,16,21H2,1H3. The summed E-state index contributed by atoms with van der Waals surface area (Å²) in [7, 11) is 0. The molecule has 29 heavy (non-hydrogen) atoms. The molecule has 1 heteroatoms. The van der Waals surface area contributed by atoms with E-state index < -0.39 is 0 Å². The fraction of sp³-hybridized carbons (Fsp3) is 0.571. The van der Waals surface area contributed by atoms with Gasteiger partial charge in [-0.1, -0.05) is 139 Å². The van der Waals surface area contributed by atoms with Gasteiger partial charge in [-0.05, 0) is 36.6 Å². The lowest BCUT2D eigenvalue weighted by Crippen LogP contribution is -1.90. The third-order valence-electron chi connectivity index (χ3n) is 5.74. The maximum absolute atomic E-state index is 2.31. The molecule has 0 N–H and O–H groups in total. The van der Waals surface area contributed by atoms with Gasteiger partial charge in [-0.3, -0.25) is 0 Å². The van der Waals surface area contributed by atoms with Crippen LogP contribution in [0.2, 0.25) is 0 Å². The molecule has 0 nitrogen and oxygen atoms in total. The molecule has 0 fully saturated rings. The Morgan fingerprint density at radius 1 is 0.517 bits per heavy atom. The molecule has 0 radical (unpaired) electrons. The predicted octanol–water partition coefficient (Wildman–Crippen LogP) is 9.86. The van der Waals surface area contributed by atoms with Crippen LogP contribution < -0.4 is 0 Å². The molecule has 0 atom stereocenters. The van der Waals surface area contributed by atoms with Crippen LogP contribution in [0.1, 0.15) is 102 Å². The Morgan fingerprint density at radius 3 is 1.59 bits per heavy atom. The summed E-state index contributed by atoms with van der Waals surface area (Å²) in [6, 6.07) is 19.7. The molecule has 0 aliphatic heterocycles. The van der Waals surface area contributed by atoms with Crippen LogP contribution in [-0.4, -0.2) is 0 Å². The predicted molar refractivity (Wildman–Crippen MR) is 131 cm³/mol. The third kappa shape index (κ3) is 11.5. The van der Waals surface area contributed by atoms with Crippen molar-refractivity contribution in [3.8, 4) is 0 Å². The third-order valence-corrected chi connectivity index (χ3v) is 6.87. The maximum atomic E-state index is 2.31. The van der Waals surface area contributed by atoms with Crippen LogP contribution in [0.15, 0.2) is 64.4 Å². The number of benzene rings is 2. The topological polar surface area (TPSA) is 0 Å². The lowest BCUT2D eigenvalue weighted by Gasteiger charge is -2.09. The molecule has 0 amide bonds. The minimum absolute atomic E-state index is 1.22. The van der Waals surface area contributed by atoms with Gasteiger partial charge in [0.15, 0.2) is 0 Å². The van der Waals surface area contributed by atoms with E-state index in [2.05, 4.69) is 61.5 Å². The molecule has 0 aliphatic carbocycles. The first kappa shape index (κ1) is 24.1. The second-order valence-electron chi connectivity index (χ2n) is 8.37. The van der Waals surface area contributed by atoms with Crippen LogP contribution in [0.3, 0.4) is 0 Å². The Balaban J connectivity index is 1.48. The first-order chi connectivity index (χ1) is 14.4. The first-order valence-corrected chi connectivity index (χ1v) is 13.0. The van der Waals surface area contributed by atoms with Crippen LogP contribution in [0.4, 0.5) is 0 Å². The van der Waals surface area contributed by atoms with Crippen LogP contribution in [0.25, 0.3) is 0 Å². The zero-order chi connectivity index (χ0) is 20.4. The number of hydrogen-bond acceptors (Lipinski definition) is 1. The van der Waals surface area contributed by atoms with Crippen molar-refractivity contribution in [3.05, 3.63) is 60.2 Å². The zero-order valence-corrected chi connectivity index (χ0v) is 19.5. The van der Waals surface area contributed by atoms with Crippen LogP contribution >= 0.6 is 11.8 Å². The summed E-state index contributed by atoms with van der Waals surface area (Å²) in [5, 5.41) is 0. The number of hydrogen-bond donors (Lipinski definition) is 0. The van der Waals surface area contributed by atoms with E-state index in [1.807, 2.05) is 11.8 Å². The summed E-state index contributed by atoms with van der Waals surface area (Å²) < 4.78 is 0. The van der Waals surface area contributed by atoms with Crippen molar-refractivity contribution in [2.24, 2.45) is 0 Å². The van der Waals surface area contributed by atoms with Gasteiger partial charge in [0.2, 0.25) is 0 Å². The zero-order valence-electron chi connectivity index (χ0n) is 18.7. The van der Waals surface area contributed by atoms with Crippen LogP contribution in [0, 0.1) is 0 Å². The smallest absolute Gasteiger partial charge is 0.0154 e. The summed E-state index contributed by atoms with van der Waals surface area (Å²) in [5.74, 6) is 0. The lowest BCUT2D eigenvalue weighted by molar-refractivity contribution is 0.535. The number of aryl methyl sites for hydroxylation is 1. The molecule has 0 saturated carbocycles. The highest BCUT2D eigenvalue weighted by atomic mass is 32.2. The van der Waals surface area contributed by atoms with Crippen LogP contribution in [0.5, 0.6) is 0 Å². The molecule has 0 saturated heterocycles. The molecule has 0 spiro atoms. The molecule has 160 valence electrons. The normalized spacial score (nSPS) is 11.1. The van der Waals surface area contributed by atoms with Crippen molar-refractivity contribution >= 4 is 11.8 Å². The van der Waals surface area contributed by atoms with E-state index in [1.165, 1.54) is 112 Å². The van der Waals surface area contributed by atoms with Gasteiger partial charge >= 0.3 is 0 Å². The van der Waals surface area contributed by atoms with Gasteiger partial charge in [-0.15, -0.1) is 0 Å². The monoisotopic (exact) mass is 410 g/mol. The minimum Gasteiger partial charge on any atom is -0.0898 e. The summed E-state index contributed by atoms with van der Waals surface area (Å²) in [6.45, 7) is 2.30. The van der Waals surface area contributed by atoms with Crippen molar-refractivity contribution < 1.29 is 0 Å². The molecular weight excluding hydrogens is 368 g/mol. The molecular formula is C28H42S.